The number of carbonyl (C=O) groups is 1. The molecular formula is C23H20N2O2. The van der Waals surface area contributed by atoms with Gasteiger partial charge in [0.15, 0.2) is 0 Å². The summed E-state index contributed by atoms with van der Waals surface area (Å²) < 4.78 is 0. The van der Waals surface area contributed by atoms with Crippen molar-refractivity contribution in [3.05, 3.63) is 84.4 Å². The van der Waals surface area contributed by atoms with E-state index in [0.29, 0.717) is 12.8 Å². The number of aromatic amines is 1. The van der Waals surface area contributed by atoms with Gasteiger partial charge in [-0.1, -0.05) is 48.5 Å². The maximum atomic E-state index is 12.4. The fourth-order valence-electron chi connectivity index (χ4n) is 3.18. The number of phenols is 1. The molecule has 4 rings (SSSR count). The molecule has 1 amide bonds. The first-order valence-electron chi connectivity index (χ1n) is 8.94. The number of hydrogen-bond acceptors (Lipinski definition) is 2. The summed E-state index contributed by atoms with van der Waals surface area (Å²) in [4.78, 5) is 15.9. The van der Waals surface area contributed by atoms with Gasteiger partial charge in [-0.15, -0.1) is 0 Å². The van der Waals surface area contributed by atoms with Crippen LogP contribution in [0.4, 0.5) is 5.69 Å². The highest BCUT2D eigenvalue weighted by molar-refractivity contribution is 5.96. The lowest BCUT2D eigenvalue weighted by atomic mass is 10.1. The molecule has 3 aromatic carbocycles. The molecule has 0 bridgehead atoms. The molecule has 3 N–H and O–H groups in total. The van der Waals surface area contributed by atoms with E-state index in [1.165, 1.54) is 0 Å². The highest BCUT2D eigenvalue weighted by Gasteiger charge is 2.10. The lowest BCUT2D eigenvalue weighted by molar-refractivity contribution is -0.116. The Morgan fingerprint density at radius 3 is 2.48 bits per heavy atom. The Balaban J connectivity index is 1.50. The minimum absolute atomic E-state index is 0.0355. The van der Waals surface area contributed by atoms with Crippen molar-refractivity contribution in [1.29, 1.82) is 0 Å². The summed E-state index contributed by atoms with van der Waals surface area (Å²) in [5.74, 6) is 0.196. The van der Waals surface area contributed by atoms with Crippen molar-refractivity contribution in [2.75, 3.05) is 5.32 Å². The molecule has 0 saturated carbocycles. The number of aromatic nitrogens is 1. The number of phenolic OH excluding ortho intramolecular Hbond substituents is 1. The normalized spacial score (nSPS) is 10.8. The highest BCUT2D eigenvalue weighted by atomic mass is 16.3. The van der Waals surface area contributed by atoms with Gasteiger partial charge in [0.2, 0.25) is 5.91 Å². The zero-order chi connectivity index (χ0) is 18.6. The average Bonchev–Trinajstić information content (AvgIpc) is 3.12. The smallest absolute Gasteiger partial charge is 0.224 e. The Hall–Kier alpha value is -3.53. The van der Waals surface area contributed by atoms with Crippen molar-refractivity contribution in [3.63, 3.8) is 0 Å². The zero-order valence-electron chi connectivity index (χ0n) is 14.8. The molecule has 4 aromatic rings. The molecule has 4 nitrogen and oxygen atoms in total. The first kappa shape index (κ1) is 16.9. The standard InChI is InChI=1S/C23H20N2O2/c26-18-12-9-16(10-13-18)11-14-23(27)25-21-8-4-2-6-19(21)22-15-17-5-1-3-7-20(17)24-22/h1-10,12-13,15,24,26H,11,14H2,(H,25,27). The number of benzene rings is 3. The van der Waals surface area contributed by atoms with Crippen LogP contribution in [0.25, 0.3) is 22.2 Å². The van der Waals surface area contributed by atoms with E-state index >= 15 is 0 Å². The van der Waals surface area contributed by atoms with Gasteiger partial charge in [-0.25, -0.2) is 0 Å². The van der Waals surface area contributed by atoms with E-state index in [-0.39, 0.29) is 11.7 Å². The fourth-order valence-corrected chi connectivity index (χ4v) is 3.18. The third kappa shape index (κ3) is 3.85. The molecule has 0 spiro atoms. The molecule has 0 aliphatic carbocycles. The summed E-state index contributed by atoms with van der Waals surface area (Å²) >= 11 is 0. The molecule has 0 saturated heterocycles. The van der Waals surface area contributed by atoms with E-state index < -0.39 is 0 Å². The Morgan fingerprint density at radius 2 is 1.67 bits per heavy atom. The van der Waals surface area contributed by atoms with Crippen molar-refractivity contribution in [1.82, 2.24) is 4.98 Å². The third-order valence-electron chi connectivity index (χ3n) is 4.60. The highest BCUT2D eigenvalue weighted by Crippen LogP contribution is 2.30. The molecule has 0 fully saturated rings. The number of anilines is 1. The molecule has 0 aliphatic rings. The quantitative estimate of drug-likeness (QED) is 0.465. The van der Waals surface area contributed by atoms with Crippen LogP contribution in [0.5, 0.6) is 5.75 Å². The van der Waals surface area contributed by atoms with Crippen LogP contribution in [-0.4, -0.2) is 16.0 Å². The third-order valence-corrected chi connectivity index (χ3v) is 4.60. The van der Waals surface area contributed by atoms with E-state index in [4.69, 9.17) is 0 Å². The topological polar surface area (TPSA) is 65.1 Å². The number of amides is 1. The number of aryl methyl sites for hydroxylation is 1. The second-order valence-corrected chi connectivity index (χ2v) is 6.53. The number of hydrogen-bond donors (Lipinski definition) is 3. The van der Waals surface area contributed by atoms with Gasteiger partial charge in [-0.3, -0.25) is 4.79 Å². The van der Waals surface area contributed by atoms with Crippen LogP contribution < -0.4 is 5.32 Å². The van der Waals surface area contributed by atoms with E-state index in [1.807, 2.05) is 54.6 Å². The second-order valence-electron chi connectivity index (χ2n) is 6.53. The summed E-state index contributed by atoms with van der Waals surface area (Å²) in [5, 5.41) is 13.5. The van der Waals surface area contributed by atoms with Gasteiger partial charge in [0.05, 0.1) is 5.69 Å². The van der Waals surface area contributed by atoms with Gasteiger partial charge >= 0.3 is 0 Å². The second kappa shape index (κ2) is 7.38. The molecule has 0 radical (unpaired) electrons. The van der Waals surface area contributed by atoms with Gasteiger partial charge in [0.1, 0.15) is 5.75 Å². The largest absolute Gasteiger partial charge is 0.508 e. The predicted octanol–water partition coefficient (Wildman–Crippen LogP) is 5.11. The number of aromatic hydroxyl groups is 1. The number of H-pyrrole nitrogens is 1. The summed E-state index contributed by atoms with van der Waals surface area (Å²) in [6.45, 7) is 0. The van der Waals surface area contributed by atoms with Crippen molar-refractivity contribution >= 4 is 22.5 Å². The van der Waals surface area contributed by atoms with E-state index in [0.717, 1.165) is 33.4 Å². The van der Waals surface area contributed by atoms with E-state index in [1.54, 1.807) is 12.1 Å². The molecule has 4 heteroatoms. The van der Waals surface area contributed by atoms with Crippen molar-refractivity contribution < 1.29 is 9.90 Å². The molecule has 0 unspecified atom stereocenters. The van der Waals surface area contributed by atoms with E-state index in [9.17, 15) is 9.90 Å². The Morgan fingerprint density at radius 1 is 0.926 bits per heavy atom. The van der Waals surface area contributed by atoms with Gasteiger partial charge in [0.25, 0.3) is 0 Å². The Labute approximate surface area is 157 Å². The summed E-state index contributed by atoms with van der Waals surface area (Å²) in [6.07, 6.45) is 1.01. The van der Waals surface area contributed by atoms with Crippen molar-refractivity contribution in [2.45, 2.75) is 12.8 Å². The van der Waals surface area contributed by atoms with Crippen LogP contribution in [0, 0.1) is 0 Å². The maximum absolute atomic E-state index is 12.4. The molecular weight excluding hydrogens is 336 g/mol. The molecule has 0 aliphatic heterocycles. The predicted molar refractivity (Wildman–Crippen MR) is 109 cm³/mol. The van der Waals surface area contributed by atoms with Crippen LogP contribution in [0.2, 0.25) is 0 Å². The van der Waals surface area contributed by atoms with Crippen molar-refractivity contribution in [3.8, 4) is 17.0 Å². The summed E-state index contributed by atoms with van der Waals surface area (Å²) in [6, 6.07) is 25.0. The van der Waals surface area contributed by atoms with Gasteiger partial charge in [-0.2, -0.15) is 0 Å². The molecule has 1 heterocycles. The monoisotopic (exact) mass is 356 g/mol. The van der Waals surface area contributed by atoms with Gasteiger partial charge in [0, 0.05) is 28.6 Å². The Bertz CT molecular complexity index is 1050. The maximum Gasteiger partial charge on any atom is 0.224 e. The minimum Gasteiger partial charge on any atom is -0.508 e. The molecule has 1 aromatic heterocycles. The summed E-state index contributed by atoms with van der Waals surface area (Å²) in [5.41, 5.74) is 4.82. The number of rotatable bonds is 5. The fraction of sp³-hybridized carbons (Fsp3) is 0.0870. The lowest BCUT2D eigenvalue weighted by Gasteiger charge is -2.10. The van der Waals surface area contributed by atoms with Gasteiger partial charge < -0.3 is 15.4 Å². The Kier molecular flexibility index (Phi) is 4.62. The molecule has 27 heavy (non-hydrogen) atoms. The number of fused-ring (bicyclic) bond motifs is 1. The lowest BCUT2D eigenvalue weighted by Crippen LogP contribution is -2.13. The summed E-state index contributed by atoms with van der Waals surface area (Å²) in [7, 11) is 0. The first-order chi connectivity index (χ1) is 13.2. The SMILES string of the molecule is O=C(CCc1ccc(O)cc1)Nc1ccccc1-c1cc2ccccc2[nH]1. The zero-order valence-corrected chi connectivity index (χ0v) is 14.8. The number of para-hydroxylation sites is 2. The van der Waals surface area contributed by atoms with Crippen molar-refractivity contribution in [2.24, 2.45) is 0 Å². The number of nitrogens with one attached hydrogen (secondary N) is 2. The average molecular weight is 356 g/mol. The molecule has 0 atom stereocenters. The minimum atomic E-state index is -0.0355. The van der Waals surface area contributed by atoms with E-state index in [2.05, 4.69) is 22.4 Å². The number of carbonyl (C=O) groups excluding carboxylic acids is 1. The van der Waals surface area contributed by atoms with Gasteiger partial charge in [-0.05, 0) is 42.3 Å². The van der Waals surface area contributed by atoms with Crippen LogP contribution in [-0.2, 0) is 11.2 Å². The van der Waals surface area contributed by atoms with Crippen LogP contribution in [0.3, 0.4) is 0 Å². The molecule has 134 valence electrons. The first-order valence-corrected chi connectivity index (χ1v) is 8.94. The van der Waals surface area contributed by atoms with Crippen LogP contribution >= 0.6 is 0 Å². The van der Waals surface area contributed by atoms with Crippen LogP contribution in [0.1, 0.15) is 12.0 Å². The van der Waals surface area contributed by atoms with Crippen LogP contribution in [0.15, 0.2) is 78.9 Å².